The maximum Gasteiger partial charge on any atom is 0.250 e. The average Bonchev–Trinajstić information content (AvgIpc) is 3.24. The van der Waals surface area contributed by atoms with Crippen LogP contribution in [0.25, 0.3) is 11.4 Å². The largest absolute Gasteiger partial charge is 0.321 e. The topological polar surface area (TPSA) is 90.5 Å². The van der Waals surface area contributed by atoms with Crippen molar-refractivity contribution in [3.8, 4) is 11.4 Å². The van der Waals surface area contributed by atoms with Crippen molar-refractivity contribution in [3.63, 3.8) is 0 Å². The number of anilines is 1. The van der Waals surface area contributed by atoms with Gasteiger partial charge in [0.15, 0.2) is 0 Å². The molecule has 1 atom stereocenters. The zero-order chi connectivity index (χ0) is 18.0. The van der Waals surface area contributed by atoms with Gasteiger partial charge in [0.05, 0.1) is 17.4 Å². The zero-order valence-electron chi connectivity index (χ0n) is 14.7. The van der Waals surface area contributed by atoms with Gasteiger partial charge >= 0.3 is 0 Å². The summed E-state index contributed by atoms with van der Waals surface area (Å²) < 4.78 is 1.80. The second-order valence-electron chi connectivity index (χ2n) is 6.81. The van der Waals surface area contributed by atoms with Crippen molar-refractivity contribution in [2.24, 2.45) is 0 Å². The maximum absolute atomic E-state index is 12.4. The quantitative estimate of drug-likeness (QED) is 0.788. The van der Waals surface area contributed by atoms with Crippen LogP contribution in [0.15, 0.2) is 42.7 Å². The van der Waals surface area contributed by atoms with E-state index in [2.05, 4.69) is 25.8 Å². The van der Waals surface area contributed by atoms with Crippen LogP contribution < -0.4 is 5.32 Å². The van der Waals surface area contributed by atoms with Crippen LogP contribution in [0.2, 0.25) is 0 Å². The Kier molecular flexibility index (Phi) is 4.35. The van der Waals surface area contributed by atoms with E-state index < -0.39 is 6.04 Å². The van der Waals surface area contributed by atoms with E-state index in [4.69, 9.17) is 0 Å². The van der Waals surface area contributed by atoms with Crippen LogP contribution in [0, 0.1) is 0 Å². The fraction of sp³-hybridized carbons (Fsp3) is 0.353. The number of tetrazole rings is 1. The Hall–Kier alpha value is -3.03. The van der Waals surface area contributed by atoms with Gasteiger partial charge in [-0.1, -0.05) is 30.3 Å². The summed E-state index contributed by atoms with van der Waals surface area (Å²) >= 11 is 0. The highest BCUT2D eigenvalue weighted by Gasteiger charge is 2.20. The van der Waals surface area contributed by atoms with Crippen molar-refractivity contribution in [2.45, 2.75) is 39.3 Å². The number of hydrogen-bond acceptors (Lipinski definition) is 5. The molecule has 0 saturated carbocycles. The van der Waals surface area contributed by atoms with Crippen LogP contribution in [0.3, 0.4) is 0 Å². The second-order valence-corrected chi connectivity index (χ2v) is 6.81. The molecule has 3 aromatic rings. The van der Waals surface area contributed by atoms with Crippen molar-refractivity contribution >= 4 is 11.6 Å². The Morgan fingerprint density at radius 2 is 1.92 bits per heavy atom. The zero-order valence-corrected chi connectivity index (χ0v) is 14.7. The van der Waals surface area contributed by atoms with Crippen LogP contribution in [0.1, 0.15) is 33.7 Å². The Labute approximate surface area is 145 Å². The molecule has 1 N–H and O–H groups in total. The lowest BCUT2D eigenvalue weighted by Crippen LogP contribution is -2.25. The number of carbonyl (C=O) groups excluding carboxylic acids is 1. The minimum atomic E-state index is -0.594. The predicted octanol–water partition coefficient (Wildman–Crippen LogP) is 2.49. The highest BCUT2D eigenvalue weighted by atomic mass is 16.2. The van der Waals surface area contributed by atoms with Crippen LogP contribution in [0.5, 0.6) is 0 Å². The highest BCUT2D eigenvalue weighted by Crippen LogP contribution is 2.17. The molecule has 0 unspecified atom stereocenters. The molecule has 1 aromatic carbocycles. The van der Waals surface area contributed by atoms with E-state index in [0.717, 1.165) is 5.56 Å². The molecule has 0 radical (unpaired) electrons. The van der Waals surface area contributed by atoms with Gasteiger partial charge in [-0.2, -0.15) is 9.90 Å². The van der Waals surface area contributed by atoms with Gasteiger partial charge in [0, 0.05) is 11.8 Å². The molecule has 2 aromatic heterocycles. The number of carbonyl (C=O) groups is 1. The SMILES string of the molecule is C[C@H](C(=O)Nc1cnn(C(C)(C)C)c1)n1nnc(-c2ccccc2)n1. The summed E-state index contributed by atoms with van der Waals surface area (Å²) in [5.74, 6) is 0.256. The number of benzene rings is 1. The number of nitrogens with zero attached hydrogens (tertiary/aromatic N) is 6. The van der Waals surface area contributed by atoms with Gasteiger partial charge in [-0.05, 0) is 32.9 Å². The summed E-state index contributed by atoms with van der Waals surface area (Å²) in [7, 11) is 0. The van der Waals surface area contributed by atoms with Crippen molar-refractivity contribution in [2.75, 3.05) is 5.32 Å². The normalized spacial score (nSPS) is 12.8. The molecule has 25 heavy (non-hydrogen) atoms. The van der Waals surface area contributed by atoms with Gasteiger partial charge in [0.1, 0.15) is 6.04 Å². The van der Waals surface area contributed by atoms with E-state index in [0.29, 0.717) is 11.5 Å². The summed E-state index contributed by atoms with van der Waals surface area (Å²) in [6, 6.07) is 8.92. The van der Waals surface area contributed by atoms with E-state index in [1.807, 2.05) is 51.1 Å². The monoisotopic (exact) mass is 339 g/mol. The first-order valence-corrected chi connectivity index (χ1v) is 8.05. The number of hydrogen-bond donors (Lipinski definition) is 1. The number of aromatic nitrogens is 6. The molecule has 0 spiro atoms. The van der Waals surface area contributed by atoms with E-state index in [1.54, 1.807) is 24.0 Å². The standard InChI is InChI=1S/C17H21N7O/c1-12(16(25)19-14-10-18-23(11-14)17(2,3)4)24-21-15(20-22-24)13-8-6-5-7-9-13/h5-12H,1-4H3,(H,19,25)/t12-/m1/s1. The van der Waals surface area contributed by atoms with Crippen molar-refractivity contribution in [1.29, 1.82) is 0 Å². The Morgan fingerprint density at radius 3 is 2.56 bits per heavy atom. The van der Waals surface area contributed by atoms with Gasteiger partial charge in [-0.15, -0.1) is 10.2 Å². The smallest absolute Gasteiger partial charge is 0.250 e. The fourth-order valence-corrected chi connectivity index (χ4v) is 2.20. The minimum Gasteiger partial charge on any atom is -0.321 e. The Bertz CT molecular complexity index is 861. The van der Waals surface area contributed by atoms with E-state index in [9.17, 15) is 4.79 Å². The summed E-state index contributed by atoms with van der Waals surface area (Å²) in [6.07, 6.45) is 3.43. The van der Waals surface area contributed by atoms with Crippen LogP contribution in [-0.4, -0.2) is 35.9 Å². The third-order valence-corrected chi connectivity index (χ3v) is 3.72. The summed E-state index contributed by atoms with van der Waals surface area (Å²) in [4.78, 5) is 13.8. The van der Waals surface area contributed by atoms with E-state index in [-0.39, 0.29) is 11.4 Å². The lowest BCUT2D eigenvalue weighted by molar-refractivity contribution is -0.119. The van der Waals surface area contributed by atoms with Gasteiger partial charge in [-0.3, -0.25) is 9.48 Å². The Balaban J connectivity index is 1.71. The first-order chi connectivity index (χ1) is 11.8. The van der Waals surface area contributed by atoms with Crippen LogP contribution in [0.4, 0.5) is 5.69 Å². The van der Waals surface area contributed by atoms with Crippen molar-refractivity contribution < 1.29 is 4.79 Å². The summed E-state index contributed by atoms with van der Waals surface area (Å²) in [5, 5.41) is 19.4. The molecule has 8 heteroatoms. The molecular formula is C17H21N7O. The summed E-state index contributed by atoms with van der Waals surface area (Å²) in [5.41, 5.74) is 1.34. The average molecular weight is 339 g/mol. The Morgan fingerprint density at radius 1 is 1.20 bits per heavy atom. The maximum atomic E-state index is 12.4. The number of rotatable bonds is 4. The molecule has 0 saturated heterocycles. The fourth-order valence-electron chi connectivity index (χ4n) is 2.20. The molecule has 2 heterocycles. The predicted molar refractivity (Wildman–Crippen MR) is 93.8 cm³/mol. The van der Waals surface area contributed by atoms with Gasteiger partial charge in [0.2, 0.25) is 5.82 Å². The van der Waals surface area contributed by atoms with Gasteiger partial charge in [-0.25, -0.2) is 0 Å². The van der Waals surface area contributed by atoms with Crippen LogP contribution >= 0.6 is 0 Å². The molecule has 8 nitrogen and oxygen atoms in total. The molecule has 0 aliphatic rings. The first-order valence-electron chi connectivity index (χ1n) is 8.05. The molecule has 0 aliphatic carbocycles. The van der Waals surface area contributed by atoms with Crippen molar-refractivity contribution in [1.82, 2.24) is 30.0 Å². The minimum absolute atomic E-state index is 0.146. The molecule has 0 aliphatic heterocycles. The van der Waals surface area contributed by atoms with E-state index >= 15 is 0 Å². The molecular weight excluding hydrogens is 318 g/mol. The molecule has 0 bridgehead atoms. The second kappa shape index (κ2) is 6.46. The number of nitrogens with one attached hydrogen (secondary N) is 1. The summed E-state index contributed by atoms with van der Waals surface area (Å²) in [6.45, 7) is 7.84. The third kappa shape index (κ3) is 3.73. The lowest BCUT2D eigenvalue weighted by Gasteiger charge is -2.18. The molecule has 130 valence electrons. The first kappa shape index (κ1) is 16.8. The van der Waals surface area contributed by atoms with E-state index in [1.165, 1.54) is 4.80 Å². The van der Waals surface area contributed by atoms with Crippen LogP contribution in [-0.2, 0) is 10.3 Å². The highest BCUT2D eigenvalue weighted by molar-refractivity contribution is 5.93. The molecule has 0 fully saturated rings. The number of amides is 1. The van der Waals surface area contributed by atoms with Gasteiger partial charge < -0.3 is 5.32 Å². The molecule has 1 amide bonds. The van der Waals surface area contributed by atoms with Crippen molar-refractivity contribution in [3.05, 3.63) is 42.7 Å². The lowest BCUT2D eigenvalue weighted by atomic mass is 10.1. The van der Waals surface area contributed by atoms with Gasteiger partial charge in [0.25, 0.3) is 5.91 Å². The third-order valence-electron chi connectivity index (χ3n) is 3.72. The molecule has 3 rings (SSSR count).